The van der Waals surface area contributed by atoms with Crippen molar-refractivity contribution < 1.29 is 14.1 Å². The van der Waals surface area contributed by atoms with Crippen molar-refractivity contribution in [3.8, 4) is 0 Å². The van der Waals surface area contributed by atoms with Gasteiger partial charge in [-0.2, -0.15) is 11.8 Å². The van der Waals surface area contributed by atoms with Crippen molar-refractivity contribution in [1.82, 2.24) is 5.32 Å². The van der Waals surface area contributed by atoms with Crippen molar-refractivity contribution in [1.29, 1.82) is 0 Å². The Hall–Kier alpha value is -1.63. The number of amides is 1. The highest BCUT2D eigenvalue weighted by Gasteiger charge is 2.30. The SMILES string of the molecule is CCSC1CCCC1NC(=O)c1cc(F)ccc1[N+](=O)[O-]. The molecule has 0 heterocycles. The molecular weight excluding hydrogens is 295 g/mol. The molecule has 1 saturated carbocycles. The molecule has 1 fully saturated rings. The summed E-state index contributed by atoms with van der Waals surface area (Å²) >= 11 is 1.78. The van der Waals surface area contributed by atoms with E-state index in [9.17, 15) is 19.3 Å². The van der Waals surface area contributed by atoms with Crippen molar-refractivity contribution in [2.24, 2.45) is 0 Å². The van der Waals surface area contributed by atoms with Crippen molar-refractivity contribution in [2.75, 3.05) is 5.75 Å². The first kappa shape index (κ1) is 15.8. The standard InChI is InChI=1S/C14H17FN2O3S/c1-2-21-13-5-3-4-11(13)16-14(18)10-8-9(15)6-7-12(10)17(19)20/h6-8,11,13H,2-5H2,1H3,(H,16,18). The number of benzene rings is 1. The zero-order valence-corrected chi connectivity index (χ0v) is 12.5. The average Bonchev–Trinajstić information content (AvgIpc) is 2.86. The molecule has 2 unspecified atom stereocenters. The number of nitrogens with one attached hydrogen (secondary N) is 1. The van der Waals surface area contributed by atoms with E-state index in [1.54, 1.807) is 11.8 Å². The minimum Gasteiger partial charge on any atom is -0.348 e. The van der Waals surface area contributed by atoms with E-state index >= 15 is 0 Å². The van der Waals surface area contributed by atoms with Crippen LogP contribution in [0.15, 0.2) is 18.2 Å². The Bertz CT molecular complexity index is 553. The summed E-state index contributed by atoms with van der Waals surface area (Å²) in [4.78, 5) is 22.5. The molecule has 1 aromatic carbocycles. The molecule has 21 heavy (non-hydrogen) atoms. The van der Waals surface area contributed by atoms with Crippen LogP contribution in [0.3, 0.4) is 0 Å². The van der Waals surface area contributed by atoms with Crippen LogP contribution in [0.5, 0.6) is 0 Å². The quantitative estimate of drug-likeness (QED) is 0.669. The predicted molar refractivity (Wildman–Crippen MR) is 80.1 cm³/mol. The largest absolute Gasteiger partial charge is 0.348 e. The van der Waals surface area contributed by atoms with E-state index in [4.69, 9.17) is 0 Å². The molecule has 0 radical (unpaired) electrons. The molecular formula is C14H17FN2O3S. The lowest BCUT2D eigenvalue weighted by Crippen LogP contribution is -2.39. The fourth-order valence-corrected chi connectivity index (χ4v) is 3.80. The maximum absolute atomic E-state index is 13.3. The lowest BCUT2D eigenvalue weighted by Gasteiger charge is -2.20. The number of halogens is 1. The minimum absolute atomic E-state index is 0.00896. The van der Waals surface area contributed by atoms with Gasteiger partial charge in [0.05, 0.1) is 4.92 Å². The Kier molecular flexibility index (Phi) is 5.17. The molecule has 114 valence electrons. The van der Waals surface area contributed by atoms with Crippen LogP contribution in [0, 0.1) is 15.9 Å². The van der Waals surface area contributed by atoms with Gasteiger partial charge in [-0.3, -0.25) is 14.9 Å². The highest BCUT2D eigenvalue weighted by molar-refractivity contribution is 7.99. The molecule has 2 atom stereocenters. The van der Waals surface area contributed by atoms with Crippen LogP contribution in [-0.4, -0.2) is 27.9 Å². The third kappa shape index (κ3) is 3.72. The second-order valence-electron chi connectivity index (χ2n) is 4.92. The van der Waals surface area contributed by atoms with Gasteiger partial charge in [0.25, 0.3) is 11.6 Å². The fraction of sp³-hybridized carbons (Fsp3) is 0.500. The number of nitro benzene ring substituents is 1. The Morgan fingerprint density at radius 2 is 2.29 bits per heavy atom. The van der Waals surface area contributed by atoms with E-state index in [0.717, 1.165) is 43.2 Å². The predicted octanol–water partition coefficient (Wildman–Crippen LogP) is 3.14. The number of nitrogens with zero attached hydrogens (tertiary/aromatic N) is 1. The maximum Gasteiger partial charge on any atom is 0.282 e. The Morgan fingerprint density at radius 1 is 1.52 bits per heavy atom. The molecule has 7 heteroatoms. The first-order valence-electron chi connectivity index (χ1n) is 6.89. The third-order valence-corrected chi connectivity index (χ3v) is 4.88. The van der Waals surface area contributed by atoms with E-state index in [2.05, 4.69) is 12.2 Å². The topological polar surface area (TPSA) is 72.2 Å². The lowest BCUT2D eigenvalue weighted by molar-refractivity contribution is -0.385. The molecule has 0 bridgehead atoms. The van der Waals surface area contributed by atoms with Gasteiger partial charge in [-0.25, -0.2) is 4.39 Å². The van der Waals surface area contributed by atoms with Crippen molar-refractivity contribution in [3.05, 3.63) is 39.7 Å². The number of rotatable bonds is 5. The third-order valence-electron chi connectivity index (χ3n) is 3.55. The molecule has 1 N–H and O–H groups in total. The average molecular weight is 312 g/mol. The van der Waals surface area contributed by atoms with Crippen molar-refractivity contribution in [3.63, 3.8) is 0 Å². The number of nitro groups is 1. The van der Waals surface area contributed by atoms with Gasteiger partial charge < -0.3 is 5.32 Å². The molecule has 0 spiro atoms. The number of hydrogen-bond acceptors (Lipinski definition) is 4. The van der Waals surface area contributed by atoms with Gasteiger partial charge >= 0.3 is 0 Å². The molecule has 1 aromatic rings. The van der Waals surface area contributed by atoms with Crippen molar-refractivity contribution >= 4 is 23.4 Å². The van der Waals surface area contributed by atoms with Gasteiger partial charge in [-0.05, 0) is 30.7 Å². The molecule has 0 aromatic heterocycles. The van der Waals surface area contributed by atoms with Crippen LogP contribution in [0.1, 0.15) is 36.5 Å². The van der Waals surface area contributed by atoms with Gasteiger partial charge in [-0.1, -0.05) is 13.3 Å². The summed E-state index contributed by atoms with van der Waals surface area (Å²) in [5.41, 5.74) is -0.585. The summed E-state index contributed by atoms with van der Waals surface area (Å²) in [7, 11) is 0. The number of carbonyl (C=O) groups excluding carboxylic acids is 1. The maximum atomic E-state index is 13.3. The van der Waals surface area contributed by atoms with Crippen LogP contribution in [0.25, 0.3) is 0 Å². The second-order valence-corrected chi connectivity index (χ2v) is 6.44. The summed E-state index contributed by atoms with van der Waals surface area (Å²) in [6.45, 7) is 2.05. The van der Waals surface area contributed by atoms with E-state index in [0.29, 0.717) is 5.25 Å². The first-order chi connectivity index (χ1) is 10.0. The number of carbonyl (C=O) groups is 1. The molecule has 0 aliphatic heterocycles. The number of hydrogen-bond donors (Lipinski definition) is 1. The molecule has 1 aliphatic carbocycles. The zero-order chi connectivity index (χ0) is 15.4. The normalized spacial score (nSPS) is 21.2. The minimum atomic E-state index is -0.665. The van der Waals surface area contributed by atoms with Gasteiger partial charge in [0.2, 0.25) is 0 Å². The lowest BCUT2D eigenvalue weighted by atomic mass is 10.1. The van der Waals surface area contributed by atoms with Gasteiger partial charge in [0, 0.05) is 17.4 Å². The first-order valence-corrected chi connectivity index (χ1v) is 7.94. The van der Waals surface area contributed by atoms with Gasteiger partial charge in [0.1, 0.15) is 11.4 Å². The summed E-state index contributed by atoms with van der Waals surface area (Å²) < 4.78 is 13.3. The summed E-state index contributed by atoms with van der Waals surface area (Å²) in [6.07, 6.45) is 2.90. The zero-order valence-electron chi connectivity index (χ0n) is 11.7. The van der Waals surface area contributed by atoms with Crippen molar-refractivity contribution in [2.45, 2.75) is 37.5 Å². The van der Waals surface area contributed by atoms with E-state index in [1.807, 2.05) is 0 Å². The fourth-order valence-electron chi connectivity index (χ4n) is 2.60. The van der Waals surface area contributed by atoms with E-state index in [1.165, 1.54) is 0 Å². The molecule has 5 nitrogen and oxygen atoms in total. The monoisotopic (exact) mass is 312 g/mol. The highest BCUT2D eigenvalue weighted by Crippen LogP contribution is 2.30. The van der Waals surface area contributed by atoms with E-state index in [-0.39, 0.29) is 17.3 Å². The Labute approximate surface area is 126 Å². The van der Waals surface area contributed by atoms with Crippen LogP contribution < -0.4 is 5.32 Å². The van der Waals surface area contributed by atoms with Crippen LogP contribution in [0.2, 0.25) is 0 Å². The molecule has 2 rings (SSSR count). The van der Waals surface area contributed by atoms with Crippen LogP contribution >= 0.6 is 11.8 Å². The Balaban J connectivity index is 2.16. The van der Waals surface area contributed by atoms with Crippen LogP contribution in [-0.2, 0) is 0 Å². The summed E-state index contributed by atoms with van der Waals surface area (Å²) in [5, 5.41) is 14.1. The van der Waals surface area contributed by atoms with Gasteiger partial charge in [-0.15, -0.1) is 0 Å². The second kappa shape index (κ2) is 6.89. The highest BCUT2D eigenvalue weighted by atomic mass is 32.2. The van der Waals surface area contributed by atoms with E-state index < -0.39 is 16.6 Å². The Morgan fingerprint density at radius 3 is 2.95 bits per heavy atom. The smallest absolute Gasteiger partial charge is 0.282 e. The summed E-state index contributed by atoms with van der Waals surface area (Å²) in [6, 6.07) is 2.92. The molecule has 1 aliphatic rings. The molecule has 0 saturated heterocycles. The number of thioether (sulfide) groups is 1. The van der Waals surface area contributed by atoms with Crippen LogP contribution in [0.4, 0.5) is 10.1 Å². The summed E-state index contributed by atoms with van der Waals surface area (Å²) in [5.74, 6) is -0.275. The van der Waals surface area contributed by atoms with Gasteiger partial charge in [0.15, 0.2) is 0 Å². The molecule has 1 amide bonds.